The maximum absolute atomic E-state index is 13.1. The highest BCUT2D eigenvalue weighted by atomic mass is 35.5. The molecule has 2 aromatic carbocycles. The second-order valence-corrected chi connectivity index (χ2v) is 14.2. The molecule has 0 spiro atoms. The van der Waals surface area contributed by atoms with Crippen LogP contribution in [0.4, 0.5) is 0 Å². The molecule has 0 aliphatic carbocycles. The third-order valence-electron chi connectivity index (χ3n) is 8.85. The van der Waals surface area contributed by atoms with E-state index in [4.69, 9.17) is 35.2 Å². The molecule has 0 unspecified atom stereocenters. The van der Waals surface area contributed by atoms with Crippen molar-refractivity contribution in [2.75, 3.05) is 52.7 Å². The van der Waals surface area contributed by atoms with Gasteiger partial charge in [-0.1, -0.05) is 35.9 Å². The number of hydrogen-bond acceptors (Lipinski definition) is 10. The first-order valence-electron chi connectivity index (χ1n) is 17.5. The molecule has 278 valence electrons. The van der Waals surface area contributed by atoms with Gasteiger partial charge in [-0.05, 0) is 69.2 Å². The first-order chi connectivity index (χ1) is 25.7. The van der Waals surface area contributed by atoms with Crippen LogP contribution in [0.5, 0.6) is 0 Å². The van der Waals surface area contributed by atoms with Crippen molar-refractivity contribution in [3.63, 3.8) is 0 Å². The van der Waals surface area contributed by atoms with Crippen LogP contribution in [0.3, 0.4) is 0 Å². The minimum atomic E-state index is -0.538. The molecule has 0 saturated carbocycles. The monoisotopic (exact) mass is 758 g/mol. The van der Waals surface area contributed by atoms with E-state index in [9.17, 15) is 9.59 Å². The molecule has 12 nitrogen and oxygen atoms in total. The number of rotatable bonds is 17. The van der Waals surface area contributed by atoms with Crippen LogP contribution in [-0.2, 0) is 19.0 Å². The van der Waals surface area contributed by atoms with Gasteiger partial charge in [0, 0.05) is 45.2 Å². The standard InChI is InChI=1S/C39H43ClN6O6S/c1-24-13-16-52-36(24)29-5-7-30(8-6-29)38(48)42-15-18-50-20-22-51-21-19-49-17-14-41-33(47)23-32-37-45-44-27(4)46(37)39-34(25(2)26(3)53-39)35(43-32)28-9-11-31(40)12-10-28/h5-13,16,32H,14-15,17-23H2,1-4H3,(H,41,47)(H,42,48)/t32-/m0/s1. The van der Waals surface area contributed by atoms with Crippen LogP contribution >= 0.6 is 22.9 Å². The molecule has 4 heterocycles. The second-order valence-electron chi connectivity index (χ2n) is 12.6. The quantitative estimate of drug-likeness (QED) is 0.105. The maximum Gasteiger partial charge on any atom is 0.251 e. The highest BCUT2D eigenvalue weighted by molar-refractivity contribution is 7.15. The topological polar surface area (TPSA) is 142 Å². The lowest BCUT2D eigenvalue weighted by Crippen LogP contribution is -2.29. The summed E-state index contributed by atoms with van der Waals surface area (Å²) in [7, 11) is 0. The van der Waals surface area contributed by atoms with Crippen molar-refractivity contribution >= 4 is 40.5 Å². The molecule has 2 N–H and O–H groups in total. The number of aromatic nitrogens is 3. The first kappa shape index (κ1) is 38.1. The summed E-state index contributed by atoms with van der Waals surface area (Å²) >= 11 is 7.88. The second kappa shape index (κ2) is 17.9. The smallest absolute Gasteiger partial charge is 0.251 e. The van der Waals surface area contributed by atoms with Gasteiger partial charge < -0.3 is 29.3 Å². The minimum absolute atomic E-state index is 0.105. The lowest BCUT2D eigenvalue weighted by molar-refractivity contribution is -0.121. The van der Waals surface area contributed by atoms with Crippen LogP contribution in [0.15, 0.2) is 70.3 Å². The summed E-state index contributed by atoms with van der Waals surface area (Å²) in [4.78, 5) is 31.9. The largest absolute Gasteiger partial charge is 0.464 e. The Morgan fingerprint density at radius 1 is 0.830 bits per heavy atom. The van der Waals surface area contributed by atoms with E-state index >= 15 is 0 Å². The number of fused-ring (bicyclic) bond motifs is 3. The molecule has 0 fully saturated rings. The molecule has 6 rings (SSSR count). The predicted molar refractivity (Wildman–Crippen MR) is 205 cm³/mol. The Hall–Kier alpha value is -4.66. The van der Waals surface area contributed by atoms with Gasteiger partial charge in [0.05, 0.1) is 58.0 Å². The van der Waals surface area contributed by atoms with Crippen molar-refractivity contribution in [1.82, 2.24) is 25.4 Å². The van der Waals surface area contributed by atoms with Crippen molar-refractivity contribution in [2.45, 2.75) is 40.2 Å². The van der Waals surface area contributed by atoms with Gasteiger partial charge in [0.1, 0.15) is 22.6 Å². The number of amides is 2. The fraction of sp³-hybridized carbons (Fsp3) is 0.359. The molecule has 3 aromatic heterocycles. The molecular formula is C39H43ClN6O6S. The number of ether oxygens (including phenoxy) is 3. The number of nitrogens with one attached hydrogen (secondary N) is 2. The maximum atomic E-state index is 13.1. The van der Waals surface area contributed by atoms with Gasteiger partial charge >= 0.3 is 0 Å². The zero-order chi connectivity index (χ0) is 37.3. The number of aliphatic imine (C=N–C) groups is 1. The van der Waals surface area contributed by atoms with E-state index in [-0.39, 0.29) is 18.2 Å². The molecule has 0 radical (unpaired) electrons. The molecule has 1 aliphatic heterocycles. The van der Waals surface area contributed by atoms with E-state index in [2.05, 4.69) is 34.7 Å². The Kier molecular flexibility index (Phi) is 12.9. The molecule has 1 atom stereocenters. The fourth-order valence-corrected chi connectivity index (χ4v) is 7.30. The van der Waals surface area contributed by atoms with Crippen LogP contribution < -0.4 is 10.6 Å². The van der Waals surface area contributed by atoms with Crippen LogP contribution in [0.25, 0.3) is 16.3 Å². The van der Waals surface area contributed by atoms with Crippen molar-refractivity contribution in [3.05, 3.63) is 110 Å². The van der Waals surface area contributed by atoms with E-state index in [0.29, 0.717) is 69.1 Å². The lowest BCUT2D eigenvalue weighted by atomic mass is 9.99. The summed E-state index contributed by atoms with van der Waals surface area (Å²) in [6, 6.07) is 16.3. The number of aryl methyl sites for hydroxylation is 3. The summed E-state index contributed by atoms with van der Waals surface area (Å²) in [5, 5.41) is 16.3. The van der Waals surface area contributed by atoms with Gasteiger partial charge in [-0.2, -0.15) is 0 Å². The average Bonchev–Trinajstić information content (AvgIpc) is 3.82. The SMILES string of the molecule is Cc1ccoc1-c1ccc(C(=O)NCCOCCOCCOCCNC(=O)C[C@@H]2N=C(c3ccc(Cl)cc3)c3c(sc(C)c3C)-n3c(C)nnc32)cc1. The molecular weight excluding hydrogens is 716 g/mol. The molecule has 53 heavy (non-hydrogen) atoms. The van der Waals surface area contributed by atoms with E-state index in [0.717, 1.165) is 50.1 Å². The van der Waals surface area contributed by atoms with Crippen LogP contribution in [0.1, 0.15) is 61.6 Å². The van der Waals surface area contributed by atoms with Crippen molar-refractivity contribution < 1.29 is 28.2 Å². The van der Waals surface area contributed by atoms with Gasteiger partial charge in [0.2, 0.25) is 5.91 Å². The lowest BCUT2D eigenvalue weighted by Gasteiger charge is -2.13. The number of hydrogen-bond donors (Lipinski definition) is 2. The first-order valence-corrected chi connectivity index (χ1v) is 18.7. The summed E-state index contributed by atoms with van der Waals surface area (Å²) in [5.74, 6) is 1.85. The zero-order valence-corrected chi connectivity index (χ0v) is 31.8. The third-order valence-corrected chi connectivity index (χ3v) is 10.3. The summed E-state index contributed by atoms with van der Waals surface area (Å²) in [6.07, 6.45) is 1.76. The van der Waals surface area contributed by atoms with Gasteiger partial charge in [0.15, 0.2) is 5.82 Å². The molecule has 2 amide bonds. The number of benzene rings is 2. The van der Waals surface area contributed by atoms with Crippen molar-refractivity contribution in [1.29, 1.82) is 0 Å². The summed E-state index contributed by atoms with van der Waals surface area (Å²) in [5.41, 5.74) is 6.43. The summed E-state index contributed by atoms with van der Waals surface area (Å²) < 4.78 is 24.3. The molecule has 0 saturated heterocycles. The number of carbonyl (C=O) groups is 2. The van der Waals surface area contributed by atoms with E-state index < -0.39 is 6.04 Å². The molecule has 14 heteroatoms. The summed E-state index contributed by atoms with van der Waals surface area (Å²) in [6.45, 7) is 11.1. The van der Waals surface area contributed by atoms with Crippen LogP contribution in [0.2, 0.25) is 5.02 Å². The number of furan rings is 1. The normalized spacial score (nSPS) is 13.6. The number of nitrogens with zero attached hydrogens (tertiary/aromatic N) is 4. The van der Waals surface area contributed by atoms with E-state index in [1.807, 2.05) is 60.9 Å². The van der Waals surface area contributed by atoms with E-state index in [1.165, 1.54) is 4.88 Å². The Bertz CT molecular complexity index is 2050. The Morgan fingerprint density at radius 2 is 1.47 bits per heavy atom. The van der Waals surface area contributed by atoms with Gasteiger partial charge in [-0.3, -0.25) is 19.1 Å². The number of halogens is 1. The molecule has 0 bridgehead atoms. The third kappa shape index (κ3) is 9.29. The van der Waals surface area contributed by atoms with E-state index in [1.54, 1.807) is 29.7 Å². The van der Waals surface area contributed by atoms with Crippen molar-refractivity contribution in [3.8, 4) is 16.3 Å². The molecule has 5 aromatic rings. The van der Waals surface area contributed by atoms with Crippen LogP contribution in [0, 0.1) is 27.7 Å². The van der Waals surface area contributed by atoms with Gasteiger partial charge in [-0.15, -0.1) is 21.5 Å². The number of carbonyl (C=O) groups excluding carboxylic acids is 2. The average molecular weight is 759 g/mol. The van der Waals surface area contributed by atoms with Crippen molar-refractivity contribution in [2.24, 2.45) is 4.99 Å². The number of thiophene rings is 1. The zero-order valence-electron chi connectivity index (χ0n) is 30.2. The highest BCUT2D eigenvalue weighted by Gasteiger charge is 2.32. The van der Waals surface area contributed by atoms with Crippen LogP contribution in [-0.4, -0.2) is 85.0 Å². The Labute approximate surface area is 317 Å². The Morgan fingerprint density at radius 3 is 2.13 bits per heavy atom. The minimum Gasteiger partial charge on any atom is -0.464 e. The Balaban J connectivity index is 0.869. The highest BCUT2D eigenvalue weighted by Crippen LogP contribution is 2.39. The predicted octanol–water partition coefficient (Wildman–Crippen LogP) is 6.35. The van der Waals surface area contributed by atoms with Gasteiger partial charge in [0.25, 0.3) is 5.91 Å². The fourth-order valence-electron chi connectivity index (χ4n) is 5.97. The molecule has 1 aliphatic rings. The van der Waals surface area contributed by atoms with Gasteiger partial charge in [-0.25, -0.2) is 0 Å².